The second-order valence-corrected chi connectivity index (χ2v) is 7.21. The molecular weight excluding hydrogens is 388 g/mol. The van der Waals surface area contributed by atoms with E-state index in [1.165, 1.54) is 6.07 Å². The lowest BCUT2D eigenvalue weighted by Crippen LogP contribution is -2.35. The Balaban J connectivity index is 1.41. The predicted molar refractivity (Wildman–Crippen MR) is 101 cm³/mol. The third-order valence-electron chi connectivity index (χ3n) is 4.80. The van der Waals surface area contributed by atoms with E-state index in [0.717, 1.165) is 30.6 Å². The Morgan fingerprint density at radius 1 is 1.07 bits per heavy atom. The number of carbonyl (C=O) groups excluding carboxylic acids is 1. The van der Waals surface area contributed by atoms with Gasteiger partial charge in [-0.1, -0.05) is 11.6 Å². The van der Waals surface area contributed by atoms with Gasteiger partial charge in [-0.3, -0.25) is 9.69 Å². The fourth-order valence-corrected chi connectivity index (χ4v) is 3.51. The summed E-state index contributed by atoms with van der Waals surface area (Å²) in [5, 5.41) is 0.594. The Labute approximate surface area is 165 Å². The van der Waals surface area contributed by atoms with E-state index in [4.69, 9.17) is 16.0 Å². The molecule has 1 amide bonds. The molecule has 0 N–H and O–H groups in total. The lowest BCUT2D eigenvalue weighted by Gasteiger charge is -2.21. The van der Waals surface area contributed by atoms with Crippen LogP contribution in [0.25, 0.3) is 11.1 Å². The van der Waals surface area contributed by atoms with Crippen molar-refractivity contribution in [2.24, 2.45) is 0 Å². The molecule has 0 spiro atoms. The Morgan fingerprint density at radius 3 is 2.75 bits per heavy atom. The van der Waals surface area contributed by atoms with Crippen LogP contribution in [0.2, 0.25) is 5.02 Å². The van der Waals surface area contributed by atoms with E-state index in [0.29, 0.717) is 42.7 Å². The molecule has 1 fully saturated rings. The van der Waals surface area contributed by atoms with Gasteiger partial charge >= 0.3 is 0 Å². The van der Waals surface area contributed by atoms with E-state index < -0.39 is 11.6 Å². The highest BCUT2D eigenvalue weighted by molar-refractivity contribution is 6.31. The van der Waals surface area contributed by atoms with Crippen LogP contribution in [-0.2, 0) is 6.54 Å². The summed E-state index contributed by atoms with van der Waals surface area (Å²) in [4.78, 5) is 20.9. The summed E-state index contributed by atoms with van der Waals surface area (Å²) >= 11 is 5.98. The number of benzene rings is 2. The van der Waals surface area contributed by atoms with Crippen molar-refractivity contribution in [3.05, 3.63) is 64.5 Å². The van der Waals surface area contributed by atoms with Crippen molar-refractivity contribution in [1.29, 1.82) is 0 Å². The molecular formula is C20H18ClF2N3O2. The second kappa shape index (κ2) is 7.85. The molecule has 2 aromatic carbocycles. The molecule has 0 bridgehead atoms. The molecule has 3 aromatic rings. The summed E-state index contributed by atoms with van der Waals surface area (Å²) < 4.78 is 32.3. The maximum atomic E-state index is 13.4. The number of hydrogen-bond acceptors (Lipinski definition) is 4. The molecule has 0 atom stereocenters. The summed E-state index contributed by atoms with van der Waals surface area (Å²) in [6.45, 7) is 2.98. The summed E-state index contributed by atoms with van der Waals surface area (Å²) in [5.41, 5.74) is 1.56. The largest absolute Gasteiger partial charge is 0.439 e. The maximum absolute atomic E-state index is 13.4. The summed E-state index contributed by atoms with van der Waals surface area (Å²) in [5.74, 6) is -1.67. The van der Waals surface area contributed by atoms with E-state index in [1.54, 1.807) is 17.0 Å². The molecule has 28 heavy (non-hydrogen) atoms. The van der Waals surface area contributed by atoms with Gasteiger partial charge in [-0.2, -0.15) is 0 Å². The molecule has 1 saturated heterocycles. The fourth-order valence-electron chi connectivity index (χ4n) is 3.35. The molecule has 4 rings (SSSR count). The van der Waals surface area contributed by atoms with Gasteiger partial charge in [-0.25, -0.2) is 13.8 Å². The van der Waals surface area contributed by atoms with Crippen molar-refractivity contribution in [3.63, 3.8) is 0 Å². The molecule has 1 aliphatic heterocycles. The van der Waals surface area contributed by atoms with Crippen molar-refractivity contribution < 1.29 is 18.0 Å². The first kappa shape index (κ1) is 18.8. The van der Waals surface area contributed by atoms with Crippen LogP contribution < -0.4 is 0 Å². The van der Waals surface area contributed by atoms with E-state index in [9.17, 15) is 13.6 Å². The Kier molecular flexibility index (Phi) is 5.28. The van der Waals surface area contributed by atoms with Crippen LogP contribution in [0.4, 0.5) is 8.78 Å². The maximum Gasteiger partial charge on any atom is 0.254 e. The zero-order valence-corrected chi connectivity index (χ0v) is 15.8. The minimum Gasteiger partial charge on any atom is -0.439 e. The van der Waals surface area contributed by atoms with Gasteiger partial charge in [0.2, 0.25) is 5.89 Å². The zero-order valence-electron chi connectivity index (χ0n) is 15.0. The van der Waals surface area contributed by atoms with Crippen molar-refractivity contribution in [3.8, 4) is 0 Å². The van der Waals surface area contributed by atoms with Crippen molar-refractivity contribution >= 4 is 28.6 Å². The topological polar surface area (TPSA) is 49.6 Å². The van der Waals surface area contributed by atoms with Gasteiger partial charge in [0.15, 0.2) is 17.2 Å². The Hall–Kier alpha value is -2.51. The Morgan fingerprint density at radius 2 is 1.93 bits per heavy atom. The second-order valence-electron chi connectivity index (χ2n) is 6.77. The van der Waals surface area contributed by atoms with Gasteiger partial charge in [0, 0.05) is 42.8 Å². The highest BCUT2D eigenvalue weighted by Crippen LogP contribution is 2.21. The van der Waals surface area contributed by atoms with Gasteiger partial charge in [-0.05, 0) is 36.8 Å². The van der Waals surface area contributed by atoms with Gasteiger partial charge in [0.25, 0.3) is 5.91 Å². The molecule has 1 aromatic heterocycles. The molecule has 0 unspecified atom stereocenters. The third-order valence-corrected chi connectivity index (χ3v) is 5.03. The Bertz CT molecular complexity index is 1020. The highest BCUT2D eigenvalue weighted by atomic mass is 35.5. The van der Waals surface area contributed by atoms with Gasteiger partial charge in [-0.15, -0.1) is 0 Å². The normalized spacial score (nSPS) is 15.8. The van der Waals surface area contributed by atoms with Gasteiger partial charge in [0.05, 0.1) is 6.54 Å². The minimum atomic E-state index is -1.02. The lowest BCUT2D eigenvalue weighted by molar-refractivity contribution is 0.0760. The van der Waals surface area contributed by atoms with Crippen LogP contribution in [-0.4, -0.2) is 46.9 Å². The molecule has 5 nitrogen and oxygen atoms in total. The standard InChI is InChI=1S/C20H18ClF2N3O2/c21-14-3-5-17-18(11-14)28-19(24-17)12-25-6-1-7-26(9-8-25)20(27)13-2-4-15(22)16(23)10-13/h2-5,10-11H,1,6-9,12H2. The number of hydrogen-bond donors (Lipinski definition) is 0. The number of carbonyl (C=O) groups is 1. The van der Waals surface area contributed by atoms with E-state index in [-0.39, 0.29) is 11.5 Å². The van der Waals surface area contributed by atoms with Crippen LogP contribution in [0.1, 0.15) is 22.7 Å². The summed E-state index contributed by atoms with van der Waals surface area (Å²) in [7, 11) is 0. The van der Waals surface area contributed by atoms with Crippen molar-refractivity contribution in [2.75, 3.05) is 26.2 Å². The molecule has 1 aliphatic rings. The number of aromatic nitrogens is 1. The quantitative estimate of drug-likeness (QED) is 0.658. The molecule has 146 valence electrons. The number of amides is 1. The van der Waals surface area contributed by atoms with Crippen molar-refractivity contribution in [1.82, 2.24) is 14.8 Å². The van der Waals surface area contributed by atoms with E-state index in [2.05, 4.69) is 9.88 Å². The first-order chi connectivity index (χ1) is 13.5. The van der Waals surface area contributed by atoms with Crippen molar-refractivity contribution in [2.45, 2.75) is 13.0 Å². The van der Waals surface area contributed by atoms with Crippen LogP contribution in [0, 0.1) is 11.6 Å². The summed E-state index contributed by atoms with van der Waals surface area (Å²) in [6, 6.07) is 8.56. The molecule has 0 aliphatic carbocycles. The first-order valence-electron chi connectivity index (χ1n) is 9.01. The number of halogens is 3. The van der Waals surface area contributed by atoms with Crippen LogP contribution in [0.3, 0.4) is 0 Å². The van der Waals surface area contributed by atoms with Crippen LogP contribution in [0.15, 0.2) is 40.8 Å². The van der Waals surface area contributed by atoms with E-state index in [1.807, 2.05) is 6.07 Å². The molecule has 0 radical (unpaired) electrons. The van der Waals surface area contributed by atoms with Crippen LogP contribution >= 0.6 is 11.6 Å². The summed E-state index contributed by atoms with van der Waals surface area (Å²) in [6.07, 6.45) is 0.765. The predicted octanol–water partition coefficient (Wildman–Crippen LogP) is 4.11. The smallest absolute Gasteiger partial charge is 0.254 e. The molecule has 2 heterocycles. The lowest BCUT2D eigenvalue weighted by atomic mass is 10.2. The number of fused-ring (bicyclic) bond motifs is 1. The SMILES string of the molecule is O=C(c1ccc(F)c(F)c1)N1CCCN(Cc2nc3ccc(Cl)cc3o2)CC1. The van der Waals surface area contributed by atoms with E-state index >= 15 is 0 Å². The van der Waals surface area contributed by atoms with Crippen LogP contribution in [0.5, 0.6) is 0 Å². The number of oxazole rings is 1. The monoisotopic (exact) mass is 405 g/mol. The molecule has 8 heteroatoms. The number of rotatable bonds is 3. The average molecular weight is 406 g/mol. The third kappa shape index (κ3) is 4.00. The van der Waals surface area contributed by atoms with Gasteiger partial charge in [0.1, 0.15) is 5.52 Å². The molecule has 0 saturated carbocycles. The number of nitrogens with zero attached hydrogens (tertiary/aromatic N) is 3. The fraction of sp³-hybridized carbons (Fsp3) is 0.300. The minimum absolute atomic E-state index is 0.156. The highest BCUT2D eigenvalue weighted by Gasteiger charge is 2.22. The average Bonchev–Trinajstić information content (AvgIpc) is 2.91. The first-order valence-corrected chi connectivity index (χ1v) is 9.39. The van der Waals surface area contributed by atoms with Gasteiger partial charge < -0.3 is 9.32 Å². The zero-order chi connectivity index (χ0) is 19.7.